The summed E-state index contributed by atoms with van der Waals surface area (Å²) in [4.78, 5) is 3.85. The predicted molar refractivity (Wildman–Crippen MR) is 61.2 cm³/mol. The molecule has 0 fully saturated rings. The molecular weight excluding hydrogens is 214 g/mol. The van der Waals surface area contributed by atoms with Gasteiger partial charge in [0.15, 0.2) is 5.96 Å². The number of nitrogens with two attached hydrogens (primary N) is 2. The van der Waals surface area contributed by atoms with Gasteiger partial charge in [-0.25, -0.2) is 4.99 Å². The van der Waals surface area contributed by atoms with Crippen molar-refractivity contribution in [3.8, 4) is 0 Å². The number of aliphatic imine (C=N–C) groups is 1. The maximum absolute atomic E-state index is 5.58. The highest BCUT2D eigenvalue weighted by atomic mass is 28.4. The summed E-state index contributed by atoms with van der Waals surface area (Å²) in [6.45, 7) is 8.41. The van der Waals surface area contributed by atoms with Crippen molar-refractivity contribution in [3.05, 3.63) is 0 Å². The molecule has 0 aliphatic rings. The Balaban J connectivity index is 4.33. The summed E-state index contributed by atoms with van der Waals surface area (Å²) < 4.78 is 16.5. The molecule has 1 atom stereocenters. The molecule has 0 aromatic heterocycles. The summed E-state index contributed by atoms with van der Waals surface area (Å²) in [6.07, 6.45) is -0.454. The molecule has 15 heavy (non-hydrogen) atoms. The summed E-state index contributed by atoms with van der Waals surface area (Å²) in [5.74, 6) is -0.00755. The lowest BCUT2D eigenvalue weighted by Gasteiger charge is -2.26. The van der Waals surface area contributed by atoms with E-state index >= 15 is 0 Å². The fourth-order valence-electron chi connectivity index (χ4n) is 1.18. The van der Waals surface area contributed by atoms with Gasteiger partial charge in [0.05, 0.1) is 0 Å². The van der Waals surface area contributed by atoms with Crippen LogP contribution in [-0.4, -0.2) is 34.2 Å². The summed E-state index contributed by atoms with van der Waals surface area (Å²) in [5.41, 5.74) is 10.5. The van der Waals surface area contributed by atoms with Gasteiger partial charge in [0.1, 0.15) is 6.23 Å². The predicted octanol–water partition coefficient (Wildman–Crippen LogP) is 0.264. The zero-order chi connectivity index (χ0) is 11.9. The van der Waals surface area contributed by atoms with E-state index in [1.165, 1.54) is 0 Å². The van der Waals surface area contributed by atoms with Crippen LogP contribution in [0.1, 0.15) is 20.8 Å². The number of hydrogen-bond acceptors (Lipinski definition) is 4. The van der Waals surface area contributed by atoms with Crippen LogP contribution in [0.15, 0.2) is 4.99 Å². The minimum atomic E-state index is -2.60. The molecule has 0 aromatic carbocycles. The van der Waals surface area contributed by atoms with Gasteiger partial charge in [-0.3, -0.25) is 0 Å². The van der Waals surface area contributed by atoms with Crippen molar-refractivity contribution in [2.45, 2.75) is 33.5 Å². The molecule has 1 unspecified atom stereocenters. The van der Waals surface area contributed by atoms with Crippen molar-refractivity contribution in [1.29, 1.82) is 0 Å². The van der Waals surface area contributed by atoms with Crippen molar-refractivity contribution in [2.24, 2.45) is 16.5 Å². The molecule has 6 nitrogen and oxygen atoms in total. The Morgan fingerprint density at radius 1 is 1.27 bits per heavy atom. The highest BCUT2D eigenvalue weighted by Crippen LogP contribution is 2.12. The van der Waals surface area contributed by atoms with Crippen LogP contribution in [0.4, 0.5) is 0 Å². The van der Waals surface area contributed by atoms with Crippen LogP contribution in [0, 0.1) is 0 Å². The highest BCUT2D eigenvalue weighted by Gasteiger charge is 2.35. The molecule has 0 rings (SSSR count). The standard InChI is InChI=1S/C8H21N3O3Si/c1-5-12-15(4,13-6-2)14-7(3)11-8(9)10/h7H,5-6H2,1-4H3,(H4,9,10,11). The van der Waals surface area contributed by atoms with Crippen LogP contribution < -0.4 is 11.5 Å². The Morgan fingerprint density at radius 3 is 2.07 bits per heavy atom. The molecule has 4 N–H and O–H groups in total. The van der Waals surface area contributed by atoms with E-state index in [1.54, 1.807) is 6.92 Å². The minimum absolute atomic E-state index is 0.00755. The normalized spacial score (nSPS) is 13.6. The summed E-state index contributed by atoms with van der Waals surface area (Å²) in [7, 11) is -2.60. The quantitative estimate of drug-likeness (QED) is 0.375. The number of guanidine groups is 1. The smallest absolute Gasteiger partial charge is 0.374 e. The van der Waals surface area contributed by atoms with E-state index in [9.17, 15) is 0 Å². The first-order chi connectivity index (χ1) is 6.93. The molecule has 0 amide bonds. The second-order valence-corrected chi connectivity index (χ2v) is 5.54. The molecule has 0 saturated carbocycles. The fourth-order valence-corrected chi connectivity index (χ4v) is 3.12. The first kappa shape index (κ1) is 14.4. The Labute approximate surface area is 92.0 Å². The molecule has 0 aliphatic heterocycles. The molecule has 0 radical (unpaired) electrons. The second-order valence-electron chi connectivity index (χ2n) is 3.00. The van der Waals surface area contributed by atoms with E-state index in [2.05, 4.69) is 4.99 Å². The van der Waals surface area contributed by atoms with Crippen LogP contribution in [0.5, 0.6) is 0 Å². The van der Waals surface area contributed by atoms with Crippen molar-refractivity contribution in [2.75, 3.05) is 13.2 Å². The highest BCUT2D eigenvalue weighted by molar-refractivity contribution is 6.59. The Hall–Kier alpha value is -0.633. The van der Waals surface area contributed by atoms with E-state index in [4.69, 9.17) is 24.7 Å². The maximum Gasteiger partial charge on any atom is 0.499 e. The molecule has 0 saturated heterocycles. The third kappa shape index (κ3) is 6.45. The topological polar surface area (TPSA) is 92.1 Å². The third-order valence-corrected chi connectivity index (χ3v) is 3.92. The maximum atomic E-state index is 5.58. The lowest BCUT2D eigenvalue weighted by Crippen LogP contribution is -2.45. The first-order valence-corrected chi connectivity index (χ1v) is 7.20. The molecule has 0 bridgehead atoms. The number of hydrogen-bond donors (Lipinski definition) is 2. The SMILES string of the molecule is CCO[Si](C)(OCC)OC(C)N=C(N)N. The second kappa shape index (κ2) is 6.78. The van der Waals surface area contributed by atoms with Crippen molar-refractivity contribution >= 4 is 14.8 Å². The zero-order valence-corrected chi connectivity index (χ0v) is 10.8. The first-order valence-electron chi connectivity index (χ1n) is 4.98. The average Bonchev–Trinajstić information content (AvgIpc) is 2.01. The van der Waals surface area contributed by atoms with Gasteiger partial charge >= 0.3 is 8.80 Å². The summed E-state index contributed by atoms with van der Waals surface area (Å²) >= 11 is 0. The lowest BCUT2D eigenvalue weighted by molar-refractivity contribution is 0.0475. The summed E-state index contributed by atoms with van der Waals surface area (Å²) in [5, 5.41) is 0. The van der Waals surface area contributed by atoms with E-state index in [1.807, 2.05) is 20.4 Å². The Bertz CT molecular complexity index is 203. The van der Waals surface area contributed by atoms with Gasteiger partial charge in [-0.05, 0) is 20.8 Å². The average molecular weight is 235 g/mol. The van der Waals surface area contributed by atoms with Crippen LogP contribution in [0.2, 0.25) is 6.55 Å². The third-order valence-electron chi connectivity index (χ3n) is 1.53. The molecule has 90 valence electrons. The molecular formula is C8H21N3O3Si. The van der Waals surface area contributed by atoms with Crippen LogP contribution in [0.3, 0.4) is 0 Å². The van der Waals surface area contributed by atoms with Gasteiger partial charge < -0.3 is 24.7 Å². The zero-order valence-electron chi connectivity index (χ0n) is 9.82. The fraction of sp³-hybridized carbons (Fsp3) is 0.875. The molecule has 0 heterocycles. The van der Waals surface area contributed by atoms with Gasteiger partial charge in [-0.15, -0.1) is 0 Å². The van der Waals surface area contributed by atoms with Gasteiger partial charge in [-0.2, -0.15) is 0 Å². The summed E-state index contributed by atoms with van der Waals surface area (Å²) in [6, 6.07) is 0. The monoisotopic (exact) mass is 235 g/mol. The minimum Gasteiger partial charge on any atom is -0.374 e. The van der Waals surface area contributed by atoms with Crippen LogP contribution in [-0.2, 0) is 13.3 Å². The van der Waals surface area contributed by atoms with Crippen molar-refractivity contribution < 1.29 is 13.3 Å². The van der Waals surface area contributed by atoms with Gasteiger partial charge in [0.2, 0.25) is 0 Å². The lowest BCUT2D eigenvalue weighted by atomic mass is 10.7. The Morgan fingerprint density at radius 2 is 1.73 bits per heavy atom. The van der Waals surface area contributed by atoms with Gasteiger partial charge in [0.25, 0.3) is 0 Å². The molecule has 7 heteroatoms. The van der Waals surface area contributed by atoms with Crippen LogP contribution >= 0.6 is 0 Å². The van der Waals surface area contributed by atoms with Crippen molar-refractivity contribution in [3.63, 3.8) is 0 Å². The van der Waals surface area contributed by atoms with E-state index in [0.29, 0.717) is 13.2 Å². The molecule has 0 aliphatic carbocycles. The van der Waals surface area contributed by atoms with E-state index in [-0.39, 0.29) is 5.96 Å². The molecule has 0 aromatic rings. The van der Waals surface area contributed by atoms with E-state index < -0.39 is 15.0 Å². The van der Waals surface area contributed by atoms with Crippen LogP contribution in [0.25, 0.3) is 0 Å². The van der Waals surface area contributed by atoms with Gasteiger partial charge in [-0.1, -0.05) is 0 Å². The van der Waals surface area contributed by atoms with E-state index in [0.717, 1.165) is 0 Å². The largest absolute Gasteiger partial charge is 0.499 e. The van der Waals surface area contributed by atoms with Crippen molar-refractivity contribution in [1.82, 2.24) is 0 Å². The Kier molecular flexibility index (Phi) is 6.49. The number of rotatable bonds is 7. The number of nitrogens with zero attached hydrogens (tertiary/aromatic N) is 1. The van der Waals surface area contributed by atoms with Gasteiger partial charge in [0, 0.05) is 19.8 Å². The molecule has 0 spiro atoms.